The van der Waals surface area contributed by atoms with Gasteiger partial charge in [0.05, 0.1) is 4.90 Å². The smallest absolute Gasteiger partial charge is 0.240 e. The lowest BCUT2D eigenvalue weighted by Crippen LogP contribution is -2.37. The number of benzene rings is 1. The van der Waals surface area contributed by atoms with Crippen molar-refractivity contribution in [2.75, 3.05) is 11.5 Å². The summed E-state index contributed by atoms with van der Waals surface area (Å²) in [6.07, 6.45) is 1.81. The largest absolute Gasteiger partial charge is 0.324 e. The highest BCUT2D eigenvalue weighted by molar-refractivity contribution is 7.99. The van der Waals surface area contributed by atoms with Gasteiger partial charge in [0.1, 0.15) is 0 Å². The molecule has 19 heavy (non-hydrogen) atoms. The normalized spacial score (nSPS) is 19.3. The quantitative estimate of drug-likeness (QED) is 0.890. The van der Waals surface area contributed by atoms with E-state index in [2.05, 4.69) is 4.72 Å². The van der Waals surface area contributed by atoms with Crippen LogP contribution in [0.15, 0.2) is 29.2 Å². The number of rotatable bonds is 4. The van der Waals surface area contributed by atoms with Crippen molar-refractivity contribution in [2.45, 2.75) is 36.7 Å². The number of hydrogen-bond acceptors (Lipinski definition) is 4. The average Bonchev–Trinajstić information content (AvgIpc) is 2.39. The van der Waals surface area contributed by atoms with Gasteiger partial charge in [-0.2, -0.15) is 11.8 Å². The molecule has 1 atom stereocenters. The molecule has 2 rings (SSSR count). The number of nitrogens with two attached hydrogens (primary N) is 1. The molecule has 0 bridgehead atoms. The Morgan fingerprint density at radius 3 is 2.37 bits per heavy atom. The van der Waals surface area contributed by atoms with Crippen LogP contribution in [0.4, 0.5) is 0 Å². The molecule has 1 heterocycles. The molecule has 0 amide bonds. The van der Waals surface area contributed by atoms with Crippen molar-refractivity contribution in [1.82, 2.24) is 4.72 Å². The highest BCUT2D eigenvalue weighted by atomic mass is 32.2. The molecule has 1 fully saturated rings. The SMILES string of the molecule is CC(N)c1ccc(S(=O)(=O)NC2CCSCC2)cc1. The van der Waals surface area contributed by atoms with Gasteiger partial charge in [-0.15, -0.1) is 0 Å². The third-order valence-corrected chi connectivity index (χ3v) is 5.84. The van der Waals surface area contributed by atoms with Crippen LogP contribution in [0.5, 0.6) is 0 Å². The lowest BCUT2D eigenvalue weighted by atomic mass is 10.1. The fourth-order valence-electron chi connectivity index (χ4n) is 2.05. The standard InChI is InChI=1S/C13H20N2O2S2/c1-10(14)11-2-4-13(5-3-11)19(16,17)15-12-6-8-18-9-7-12/h2-5,10,12,15H,6-9,14H2,1H3. The van der Waals surface area contributed by atoms with Crippen LogP contribution in [-0.4, -0.2) is 26.0 Å². The molecule has 1 unspecified atom stereocenters. The van der Waals surface area contributed by atoms with Gasteiger partial charge in [-0.25, -0.2) is 13.1 Å². The number of thioether (sulfide) groups is 1. The second kappa shape index (κ2) is 6.26. The van der Waals surface area contributed by atoms with E-state index in [1.54, 1.807) is 24.3 Å². The van der Waals surface area contributed by atoms with Crippen LogP contribution in [0.25, 0.3) is 0 Å². The van der Waals surface area contributed by atoms with Crippen LogP contribution in [0.3, 0.4) is 0 Å². The molecule has 0 aromatic heterocycles. The first kappa shape index (κ1) is 14.8. The summed E-state index contributed by atoms with van der Waals surface area (Å²) in [5.74, 6) is 2.05. The molecule has 0 radical (unpaired) electrons. The topological polar surface area (TPSA) is 72.2 Å². The minimum atomic E-state index is -3.40. The first-order valence-corrected chi connectivity index (χ1v) is 9.08. The van der Waals surface area contributed by atoms with Gasteiger partial charge in [-0.1, -0.05) is 12.1 Å². The predicted octanol–water partition coefficient (Wildman–Crippen LogP) is 1.88. The Labute approximate surface area is 119 Å². The molecule has 4 nitrogen and oxygen atoms in total. The molecule has 0 aliphatic carbocycles. The van der Waals surface area contributed by atoms with Gasteiger partial charge < -0.3 is 5.73 Å². The second-order valence-electron chi connectivity index (χ2n) is 4.87. The molecule has 106 valence electrons. The average molecular weight is 300 g/mol. The molecule has 0 saturated carbocycles. The van der Waals surface area contributed by atoms with Crippen LogP contribution in [-0.2, 0) is 10.0 Å². The minimum Gasteiger partial charge on any atom is -0.324 e. The summed E-state index contributed by atoms with van der Waals surface area (Å²) >= 11 is 1.88. The van der Waals surface area contributed by atoms with Crippen molar-refractivity contribution in [3.8, 4) is 0 Å². The summed E-state index contributed by atoms with van der Waals surface area (Å²) in [7, 11) is -3.40. The van der Waals surface area contributed by atoms with E-state index in [0.717, 1.165) is 29.9 Å². The Kier molecular flexibility index (Phi) is 4.89. The molecular weight excluding hydrogens is 280 g/mol. The first-order chi connectivity index (χ1) is 8.99. The van der Waals surface area contributed by atoms with E-state index in [1.165, 1.54) is 0 Å². The monoisotopic (exact) mass is 300 g/mol. The first-order valence-electron chi connectivity index (χ1n) is 6.44. The molecule has 1 aliphatic rings. The Balaban J connectivity index is 2.10. The molecule has 3 N–H and O–H groups in total. The zero-order valence-electron chi connectivity index (χ0n) is 11.0. The fourth-order valence-corrected chi connectivity index (χ4v) is 4.46. The van der Waals surface area contributed by atoms with Gasteiger partial charge in [0, 0.05) is 12.1 Å². The third kappa shape index (κ3) is 3.95. The second-order valence-corrected chi connectivity index (χ2v) is 7.80. The van der Waals surface area contributed by atoms with Crippen molar-refractivity contribution >= 4 is 21.8 Å². The Morgan fingerprint density at radius 2 is 1.84 bits per heavy atom. The van der Waals surface area contributed by atoms with Crippen LogP contribution >= 0.6 is 11.8 Å². The molecule has 1 aromatic carbocycles. The number of nitrogens with one attached hydrogen (secondary N) is 1. The van der Waals surface area contributed by atoms with Crippen molar-refractivity contribution in [1.29, 1.82) is 0 Å². The lowest BCUT2D eigenvalue weighted by molar-refractivity contribution is 0.529. The highest BCUT2D eigenvalue weighted by Crippen LogP contribution is 2.20. The van der Waals surface area contributed by atoms with E-state index in [0.29, 0.717) is 4.90 Å². The Morgan fingerprint density at radius 1 is 1.26 bits per heavy atom. The zero-order chi connectivity index (χ0) is 13.9. The summed E-state index contributed by atoms with van der Waals surface area (Å²) in [4.78, 5) is 0.315. The van der Waals surface area contributed by atoms with Crippen LogP contribution in [0, 0.1) is 0 Å². The third-order valence-electron chi connectivity index (χ3n) is 3.26. The summed E-state index contributed by atoms with van der Waals surface area (Å²) in [6, 6.07) is 6.78. The van der Waals surface area contributed by atoms with E-state index < -0.39 is 10.0 Å². The van der Waals surface area contributed by atoms with Gasteiger partial charge in [0.2, 0.25) is 10.0 Å². The maximum absolute atomic E-state index is 12.2. The molecule has 6 heteroatoms. The van der Waals surface area contributed by atoms with Gasteiger partial charge in [-0.3, -0.25) is 0 Å². The zero-order valence-corrected chi connectivity index (χ0v) is 12.6. The minimum absolute atomic E-state index is 0.0689. The summed E-state index contributed by atoms with van der Waals surface area (Å²) in [5, 5.41) is 0. The maximum Gasteiger partial charge on any atom is 0.240 e. The number of sulfonamides is 1. The van der Waals surface area contributed by atoms with Crippen LogP contribution in [0.2, 0.25) is 0 Å². The molecule has 1 saturated heterocycles. The van der Waals surface area contributed by atoms with Crippen molar-refractivity contribution in [3.63, 3.8) is 0 Å². The highest BCUT2D eigenvalue weighted by Gasteiger charge is 2.21. The number of hydrogen-bond donors (Lipinski definition) is 2. The van der Waals surface area contributed by atoms with Gasteiger partial charge in [-0.05, 0) is 49.0 Å². The molecular formula is C13H20N2O2S2. The van der Waals surface area contributed by atoms with Gasteiger partial charge >= 0.3 is 0 Å². The Hall–Kier alpha value is -0.560. The molecule has 0 spiro atoms. The van der Waals surface area contributed by atoms with E-state index >= 15 is 0 Å². The van der Waals surface area contributed by atoms with Crippen molar-refractivity contribution < 1.29 is 8.42 Å². The lowest BCUT2D eigenvalue weighted by Gasteiger charge is -2.22. The summed E-state index contributed by atoms with van der Waals surface area (Å²) in [5.41, 5.74) is 6.69. The molecule has 1 aromatic rings. The van der Waals surface area contributed by atoms with E-state index in [-0.39, 0.29) is 12.1 Å². The maximum atomic E-state index is 12.2. The van der Waals surface area contributed by atoms with E-state index in [9.17, 15) is 8.42 Å². The summed E-state index contributed by atoms with van der Waals surface area (Å²) in [6.45, 7) is 1.88. The van der Waals surface area contributed by atoms with Crippen LogP contribution < -0.4 is 10.5 Å². The van der Waals surface area contributed by atoms with Crippen LogP contribution in [0.1, 0.15) is 31.4 Å². The fraction of sp³-hybridized carbons (Fsp3) is 0.538. The van der Waals surface area contributed by atoms with E-state index in [4.69, 9.17) is 5.73 Å². The Bertz CT molecular complexity index is 506. The van der Waals surface area contributed by atoms with Crippen molar-refractivity contribution in [2.24, 2.45) is 5.73 Å². The predicted molar refractivity (Wildman–Crippen MR) is 79.7 cm³/mol. The van der Waals surface area contributed by atoms with Gasteiger partial charge in [0.25, 0.3) is 0 Å². The van der Waals surface area contributed by atoms with Crippen molar-refractivity contribution in [3.05, 3.63) is 29.8 Å². The van der Waals surface area contributed by atoms with Gasteiger partial charge in [0.15, 0.2) is 0 Å². The van der Waals surface area contributed by atoms with E-state index in [1.807, 2.05) is 18.7 Å². The molecule has 1 aliphatic heterocycles. The summed E-state index contributed by atoms with van der Waals surface area (Å²) < 4.78 is 27.3.